The molecule has 1 N–H and O–H groups in total. The van der Waals surface area contributed by atoms with E-state index in [0.29, 0.717) is 10.2 Å². The van der Waals surface area contributed by atoms with E-state index >= 15 is 0 Å². The van der Waals surface area contributed by atoms with Crippen LogP contribution in [0.25, 0.3) is 0 Å². The first-order valence-electron chi connectivity index (χ1n) is 5.54. The lowest BCUT2D eigenvalue weighted by Crippen LogP contribution is -2.09. The van der Waals surface area contributed by atoms with E-state index in [4.69, 9.17) is 0 Å². The summed E-state index contributed by atoms with van der Waals surface area (Å²) in [6, 6.07) is 3.64. The van der Waals surface area contributed by atoms with E-state index in [1.54, 1.807) is 12.4 Å². The normalized spacial score (nSPS) is 11.9. The van der Waals surface area contributed by atoms with Crippen LogP contribution in [0.15, 0.2) is 41.4 Å². The molecule has 98 valence electrons. The highest BCUT2D eigenvalue weighted by atomic mass is 79.9. The van der Waals surface area contributed by atoms with Gasteiger partial charge in [-0.1, -0.05) is 0 Å². The van der Waals surface area contributed by atoms with Crippen LogP contribution in [0.3, 0.4) is 0 Å². The van der Waals surface area contributed by atoms with Gasteiger partial charge in [-0.15, -0.1) is 0 Å². The molecule has 2 aromatic heterocycles. The molecule has 0 radical (unpaired) electrons. The number of rotatable bonds is 4. The molecule has 0 amide bonds. The van der Waals surface area contributed by atoms with E-state index in [1.165, 1.54) is 12.4 Å². The lowest BCUT2D eigenvalue weighted by molar-refractivity contribution is -0.384. The summed E-state index contributed by atoms with van der Waals surface area (Å²) in [7, 11) is 0. The third kappa shape index (κ3) is 3.05. The zero-order chi connectivity index (χ0) is 13.8. The SMILES string of the molecule is CC(Nc1c(Br)cncc1[N+](=O)[O-])c1ccncc1. The molecule has 7 heteroatoms. The van der Waals surface area contributed by atoms with Crippen molar-refractivity contribution in [1.82, 2.24) is 9.97 Å². The monoisotopic (exact) mass is 322 g/mol. The minimum absolute atomic E-state index is 0.0599. The molecule has 2 heterocycles. The molecule has 0 spiro atoms. The number of aromatic nitrogens is 2. The molecule has 0 fully saturated rings. The molecule has 6 nitrogen and oxygen atoms in total. The number of nitrogens with one attached hydrogen (secondary N) is 1. The van der Waals surface area contributed by atoms with Gasteiger partial charge in [0.05, 0.1) is 9.40 Å². The molecule has 0 aromatic carbocycles. The second-order valence-corrected chi connectivity index (χ2v) is 4.77. The number of anilines is 1. The maximum atomic E-state index is 11.0. The largest absolute Gasteiger partial charge is 0.372 e. The van der Waals surface area contributed by atoms with Crippen LogP contribution < -0.4 is 5.32 Å². The second-order valence-electron chi connectivity index (χ2n) is 3.92. The minimum atomic E-state index is -0.459. The smallest absolute Gasteiger partial charge is 0.311 e. The van der Waals surface area contributed by atoms with Gasteiger partial charge in [0.15, 0.2) is 0 Å². The first-order valence-corrected chi connectivity index (χ1v) is 6.33. The zero-order valence-corrected chi connectivity index (χ0v) is 11.7. The van der Waals surface area contributed by atoms with Crippen LogP contribution in [0.4, 0.5) is 11.4 Å². The van der Waals surface area contributed by atoms with Crippen molar-refractivity contribution in [3.8, 4) is 0 Å². The van der Waals surface area contributed by atoms with Gasteiger partial charge in [-0.3, -0.25) is 20.1 Å². The molecule has 0 aliphatic rings. The Morgan fingerprint density at radius 2 is 2.00 bits per heavy atom. The molecule has 0 aliphatic heterocycles. The average molecular weight is 323 g/mol. The second kappa shape index (κ2) is 5.75. The van der Waals surface area contributed by atoms with Crippen molar-refractivity contribution in [2.24, 2.45) is 0 Å². The van der Waals surface area contributed by atoms with Gasteiger partial charge in [-0.25, -0.2) is 0 Å². The summed E-state index contributed by atoms with van der Waals surface area (Å²) in [6.45, 7) is 1.92. The van der Waals surface area contributed by atoms with Gasteiger partial charge >= 0.3 is 5.69 Å². The number of hydrogen-bond acceptors (Lipinski definition) is 5. The van der Waals surface area contributed by atoms with E-state index in [-0.39, 0.29) is 11.7 Å². The molecule has 1 atom stereocenters. The lowest BCUT2D eigenvalue weighted by atomic mass is 10.1. The Bertz CT molecular complexity index is 592. The zero-order valence-electron chi connectivity index (χ0n) is 10.1. The van der Waals surface area contributed by atoms with Crippen molar-refractivity contribution in [2.75, 3.05) is 5.32 Å². The molecular formula is C12H11BrN4O2. The maximum absolute atomic E-state index is 11.0. The Morgan fingerprint density at radius 1 is 1.32 bits per heavy atom. The maximum Gasteiger partial charge on any atom is 0.311 e. The number of pyridine rings is 2. The molecule has 0 bridgehead atoms. The van der Waals surface area contributed by atoms with Gasteiger partial charge in [0.25, 0.3) is 0 Å². The summed E-state index contributed by atoms with van der Waals surface area (Å²) in [6.07, 6.45) is 6.12. The van der Waals surface area contributed by atoms with Gasteiger partial charge in [-0.05, 0) is 40.5 Å². The summed E-state index contributed by atoms with van der Waals surface area (Å²) in [5, 5.41) is 14.1. The van der Waals surface area contributed by atoms with Crippen LogP contribution in [0.1, 0.15) is 18.5 Å². The number of halogens is 1. The minimum Gasteiger partial charge on any atom is -0.372 e. The van der Waals surface area contributed by atoms with Crippen LogP contribution >= 0.6 is 15.9 Å². The molecule has 0 aliphatic carbocycles. The number of nitro groups is 1. The quantitative estimate of drug-likeness (QED) is 0.689. The molecule has 0 saturated carbocycles. The highest BCUT2D eigenvalue weighted by molar-refractivity contribution is 9.10. The third-order valence-electron chi connectivity index (χ3n) is 2.64. The summed E-state index contributed by atoms with van der Waals surface area (Å²) in [4.78, 5) is 18.3. The van der Waals surface area contributed by atoms with Crippen molar-refractivity contribution in [2.45, 2.75) is 13.0 Å². The summed E-state index contributed by atoms with van der Waals surface area (Å²) < 4.78 is 0.558. The van der Waals surface area contributed by atoms with Crippen LogP contribution in [0.5, 0.6) is 0 Å². The fourth-order valence-corrected chi connectivity index (χ4v) is 2.09. The first kappa shape index (κ1) is 13.4. The van der Waals surface area contributed by atoms with Crippen molar-refractivity contribution >= 4 is 27.3 Å². The third-order valence-corrected chi connectivity index (χ3v) is 3.24. The molecule has 2 aromatic rings. The van der Waals surface area contributed by atoms with E-state index < -0.39 is 4.92 Å². The summed E-state index contributed by atoms with van der Waals surface area (Å²) in [5.74, 6) is 0. The fourth-order valence-electron chi connectivity index (χ4n) is 1.66. The topological polar surface area (TPSA) is 81.0 Å². The molecular weight excluding hydrogens is 312 g/mol. The van der Waals surface area contributed by atoms with Crippen LogP contribution in [0.2, 0.25) is 0 Å². The standard InChI is InChI=1S/C12H11BrN4O2/c1-8(9-2-4-14-5-3-9)16-12-10(13)6-15-7-11(12)17(18)19/h2-8H,1H3,(H,15,16). The Morgan fingerprint density at radius 3 is 2.63 bits per heavy atom. The van der Waals surface area contributed by atoms with E-state index in [9.17, 15) is 10.1 Å². The Kier molecular flexibility index (Phi) is 4.06. The van der Waals surface area contributed by atoms with Crippen molar-refractivity contribution in [3.05, 3.63) is 57.1 Å². The first-order chi connectivity index (χ1) is 9.09. The van der Waals surface area contributed by atoms with Crippen LogP contribution in [-0.2, 0) is 0 Å². The summed E-state index contributed by atoms with van der Waals surface area (Å²) in [5.41, 5.74) is 1.35. The summed E-state index contributed by atoms with van der Waals surface area (Å²) >= 11 is 3.27. The van der Waals surface area contributed by atoms with E-state index in [0.717, 1.165) is 5.56 Å². The Labute approximate surface area is 118 Å². The highest BCUT2D eigenvalue weighted by Crippen LogP contribution is 2.33. The van der Waals surface area contributed by atoms with Gasteiger partial charge in [0, 0.05) is 24.6 Å². The van der Waals surface area contributed by atoms with Gasteiger partial charge in [-0.2, -0.15) is 0 Å². The molecule has 19 heavy (non-hydrogen) atoms. The van der Waals surface area contributed by atoms with Crippen molar-refractivity contribution in [1.29, 1.82) is 0 Å². The van der Waals surface area contributed by atoms with Gasteiger partial charge in [0.2, 0.25) is 0 Å². The van der Waals surface area contributed by atoms with E-state index in [1.807, 2.05) is 19.1 Å². The lowest BCUT2D eigenvalue weighted by Gasteiger charge is -2.16. The van der Waals surface area contributed by atoms with Crippen LogP contribution in [-0.4, -0.2) is 14.9 Å². The fraction of sp³-hybridized carbons (Fsp3) is 0.167. The molecule has 1 unspecified atom stereocenters. The number of hydrogen-bond donors (Lipinski definition) is 1. The molecule has 2 rings (SSSR count). The predicted octanol–water partition coefficient (Wildman–Crippen LogP) is 3.32. The van der Waals surface area contributed by atoms with Crippen molar-refractivity contribution in [3.63, 3.8) is 0 Å². The highest BCUT2D eigenvalue weighted by Gasteiger charge is 2.19. The molecule has 0 saturated heterocycles. The Balaban J connectivity index is 2.31. The van der Waals surface area contributed by atoms with Gasteiger partial charge < -0.3 is 5.32 Å². The van der Waals surface area contributed by atoms with Crippen molar-refractivity contribution < 1.29 is 4.92 Å². The Hall–Kier alpha value is -2.02. The predicted molar refractivity (Wildman–Crippen MR) is 74.9 cm³/mol. The van der Waals surface area contributed by atoms with E-state index in [2.05, 4.69) is 31.2 Å². The van der Waals surface area contributed by atoms with Crippen LogP contribution in [0, 0.1) is 10.1 Å². The number of nitrogens with zero attached hydrogens (tertiary/aromatic N) is 3. The van der Waals surface area contributed by atoms with Gasteiger partial charge in [0.1, 0.15) is 11.9 Å². The average Bonchev–Trinajstić information content (AvgIpc) is 2.41.